The van der Waals surface area contributed by atoms with Gasteiger partial charge in [-0.2, -0.15) is 0 Å². The lowest BCUT2D eigenvalue weighted by Gasteiger charge is -2.38. The molecule has 2 aromatic rings. The fraction of sp³-hybridized carbons (Fsp3) is 0.350. The first-order chi connectivity index (χ1) is 12.6. The van der Waals surface area contributed by atoms with Crippen molar-refractivity contribution in [3.63, 3.8) is 0 Å². The van der Waals surface area contributed by atoms with Crippen LogP contribution in [0.2, 0.25) is 5.02 Å². The van der Waals surface area contributed by atoms with E-state index in [-0.39, 0.29) is 11.9 Å². The molecule has 1 saturated heterocycles. The van der Waals surface area contributed by atoms with Crippen LogP contribution in [0.3, 0.4) is 0 Å². The quantitative estimate of drug-likeness (QED) is 0.871. The molecule has 3 rings (SSSR count). The van der Waals surface area contributed by atoms with Gasteiger partial charge >= 0.3 is 0 Å². The molecule has 1 heterocycles. The SMILES string of the molecule is COc1cccc(NC(=O)[C@@H](C)N2CCN(c3ccccc3Cl)CC2)c1. The third-order valence-corrected chi connectivity index (χ3v) is 5.09. The zero-order chi connectivity index (χ0) is 18.5. The predicted molar refractivity (Wildman–Crippen MR) is 106 cm³/mol. The summed E-state index contributed by atoms with van der Waals surface area (Å²) in [5.41, 5.74) is 1.80. The number of ether oxygens (including phenoxy) is 1. The Hall–Kier alpha value is -2.24. The molecule has 1 amide bonds. The Bertz CT molecular complexity index is 760. The van der Waals surface area contributed by atoms with Crippen LogP contribution in [-0.2, 0) is 4.79 Å². The van der Waals surface area contributed by atoms with E-state index in [0.29, 0.717) is 0 Å². The van der Waals surface area contributed by atoms with Gasteiger partial charge in [-0.25, -0.2) is 0 Å². The van der Waals surface area contributed by atoms with Gasteiger partial charge in [-0.05, 0) is 31.2 Å². The first-order valence-corrected chi connectivity index (χ1v) is 9.14. The third kappa shape index (κ3) is 4.29. The Morgan fingerprint density at radius 1 is 1.12 bits per heavy atom. The van der Waals surface area contributed by atoms with Crippen molar-refractivity contribution >= 4 is 28.9 Å². The van der Waals surface area contributed by atoms with Crippen molar-refractivity contribution in [1.82, 2.24) is 4.90 Å². The molecule has 1 aliphatic heterocycles. The monoisotopic (exact) mass is 373 g/mol. The van der Waals surface area contributed by atoms with Crippen molar-refractivity contribution < 1.29 is 9.53 Å². The van der Waals surface area contributed by atoms with Crippen LogP contribution >= 0.6 is 11.6 Å². The lowest BCUT2D eigenvalue weighted by molar-refractivity contribution is -0.120. The highest BCUT2D eigenvalue weighted by atomic mass is 35.5. The Morgan fingerprint density at radius 2 is 1.85 bits per heavy atom. The zero-order valence-electron chi connectivity index (χ0n) is 15.1. The number of halogens is 1. The number of para-hydroxylation sites is 1. The summed E-state index contributed by atoms with van der Waals surface area (Å²) in [6.45, 7) is 5.28. The van der Waals surface area contributed by atoms with Gasteiger partial charge in [-0.15, -0.1) is 0 Å². The second-order valence-corrected chi connectivity index (χ2v) is 6.78. The van der Waals surface area contributed by atoms with E-state index in [2.05, 4.69) is 15.1 Å². The van der Waals surface area contributed by atoms with Gasteiger partial charge in [0.25, 0.3) is 0 Å². The van der Waals surface area contributed by atoms with Gasteiger partial charge in [0, 0.05) is 37.9 Å². The first-order valence-electron chi connectivity index (χ1n) is 8.77. The molecule has 5 nitrogen and oxygen atoms in total. The molecule has 0 spiro atoms. The van der Waals surface area contributed by atoms with Crippen molar-refractivity contribution in [2.24, 2.45) is 0 Å². The fourth-order valence-electron chi connectivity index (χ4n) is 3.17. The third-order valence-electron chi connectivity index (χ3n) is 4.77. The van der Waals surface area contributed by atoms with E-state index in [1.165, 1.54) is 0 Å². The van der Waals surface area contributed by atoms with Gasteiger partial charge in [-0.3, -0.25) is 9.69 Å². The highest BCUT2D eigenvalue weighted by Gasteiger charge is 2.26. The van der Waals surface area contributed by atoms with Crippen molar-refractivity contribution in [3.05, 3.63) is 53.6 Å². The summed E-state index contributed by atoms with van der Waals surface area (Å²) in [7, 11) is 1.61. The zero-order valence-corrected chi connectivity index (χ0v) is 15.9. The average Bonchev–Trinajstić information content (AvgIpc) is 2.68. The van der Waals surface area contributed by atoms with E-state index in [0.717, 1.165) is 48.3 Å². The Morgan fingerprint density at radius 3 is 2.54 bits per heavy atom. The first kappa shape index (κ1) is 18.5. The minimum atomic E-state index is -0.199. The highest BCUT2D eigenvalue weighted by Crippen LogP contribution is 2.26. The number of nitrogens with zero attached hydrogens (tertiary/aromatic N) is 2. The number of benzene rings is 2. The topological polar surface area (TPSA) is 44.8 Å². The average molecular weight is 374 g/mol. The van der Waals surface area contributed by atoms with Crippen LogP contribution in [0.4, 0.5) is 11.4 Å². The standard InChI is InChI=1S/C20H24ClN3O2/c1-15(20(25)22-16-6-5-7-17(14-16)26-2)23-10-12-24(13-11-23)19-9-4-3-8-18(19)21/h3-9,14-15H,10-13H2,1-2H3,(H,22,25)/t15-/m1/s1. The largest absolute Gasteiger partial charge is 0.497 e. The number of hydrogen-bond donors (Lipinski definition) is 1. The van der Waals surface area contributed by atoms with Crippen LogP contribution in [0.25, 0.3) is 0 Å². The summed E-state index contributed by atoms with van der Waals surface area (Å²) < 4.78 is 5.20. The predicted octanol–water partition coefficient (Wildman–Crippen LogP) is 3.50. The van der Waals surface area contributed by atoms with Gasteiger partial charge in [0.2, 0.25) is 5.91 Å². The van der Waals surface area contributed by atoms with Crippen molar-refractivity contribution in [2.45, 2.75) is 13.0 Å². The van der Waals surface area contributed by atoms with Crippen molar-refractivity contribution in [2.75, 3.05) is 43.5 Å². The Labute approximate surface area is 159 Å². The molecule has 2 aromatic carbocycles. The van der Waals surface area contributed by atoms with Crippen molar-refractivity contribution in [1.29, 1.82) is 0 Å². The molecule has 6 heteroatoms. The molecule has 26 heavy (non-hydrogen) atoms. The number of carbonyl (C=O) groups is 1. The van der Waals surface area contributed by atoms with Gasteiger partial charge in [0.1, 0.15) is 5.75 Å². The minimum absolute atomic E-state index is 0.00977. The summed E-state index contributed by atoms with van der Waals surface area (Å²) in [6, 6.07) is 15.1. The lowest BCUT2D eigenvalue weighted by Crippen LogP contribution is -2.52. The number of rotatable bonds is 5. The molecule has 1 N–H and O–H groups in total. The highest BCUT2D eigenvalue weighted by molar-refractivity contribution is 6.33. The Balaban J connectivity index is 1.56. The molecule has 0 radical (unpaired) electrons. The molecule has 138 valence electrons. The molecule has 1 aliphatic rings. The smallest absolute Gasteiger partial charge is 0.241 e. The van der Waals surface area contributed by atoms with Crippen LogP contribution in [-0.4, -0.2) is 50.1 Å². The molecule has 1 atom stereocenters. The molecule has 0 bridgehead atoms. The molecular weight excluding hydrogens is 350 g/mol. The number of carbonyl (C=O) groups excluding carboxylic acids is 1. The normalized spacial score (nSPS) is 16.2. The molecule has 1 fully saturated rings. The van der Waals surface area contributed by atoms with Crippen LogP contribution < -0.4 is 15.0 Å². The second-order valence-electron chi connectivity index (χ2n) is 6.37. The van der Waals surface area contributed by atoms with Gasteiger partial charge < -0.3 is 15.0 Å². The summed E-state index contributed by atoms with van der Waals surface area (Å²) in [4.78, 5) is 17.1. The molecule has 0 saturated carbocycles. The number of piperazine rings is 1. The summed E-state index contributed by atoms with van der Waals surface area (Å²) in [5, 5.41) is 3.74. The molecule has 0 aromatic heterocycles. The second kappa shape index (κ2) is 8.43. The summed E-state index contributed by atoms with van der Waals surface area (Å²) in [6.07, 6.45) is 0. The van der Waals surface area contributed by atoms with Crippen LogP contribution in [0.15, 0.2) is 48.5 Å². The van der Waals surface area contributed by atoms with Crippen LogP contribution in [0, 0.1) is 0 Å². The van der Waals surface area contributed by atoms with Crippen LogP contribution in [0.5, 0.6) is 5.75 Å². The number of amides is 1. The molecular formula is C20H24ClN3O2. The van der Waals surface area contributed by atoms with Gasteiger partial charge in [-0.1, -0.05) is 29.8 Å². The Kier molecular flexibility index (Phi) is 6.01. The van der Waals surface area contributed by atoms with E-state index in [1.807, 2.05) is 55.5 Å². The number of nitrogens with one attached hydrogen (secondary N) is 1. The summed E-state index contributed by atoms with van der Waals surface area (Å²) in [5.74, 6) is 0.716. The maximum atomic E-state index is 12.6. The maximum absolute atomic E-state index is 12.6. The molecule has 0 aliphatic carbocycles. The molecule has 0 unspecified atom stereocenters. The minimum Gasteiger partial charge on any atom is -0.497 e. The number of hydrogen-bond acceptors (Lipinski definition) is 4. The number of methoxy groups -OCH3 is 1. The van der Waals surface area contributed by atoms with E-state index >= 15 is 0 Å². The fourth-order valence-corrected chi connectivity index (χ4v) is 3.43. The van der Waals surface area contributed by atoms with Gasteiger partial charge in [0.05, 0.1) is 23.9 Å². The van der Waals surface area contributed by atoms with E-state index in [4.69, 9.17) is 16.3 Å². The lowest BCUT2D eigenvalue weighted by atomic mass is 10.2. The van der Waals surface area contributed by atoms with E-state index in [9.17, 15) is 4.79 Å². The maximum Gasteiger partial charge on any atom is 0.241 e. The summed E-state index contributed by atoms with van der Waals surface area (Å²) >= 11 is 6.29. The van der Waals surface area contributed by atoms with Gasteiger partial charge in [0.15, 0.2) is 0 Å². The van der Waals surface area contributed by atoms with Crippen LogP contribution in [0.1, 0.15) is 6.92 Å². The number of anilines is 2. The van der Waals surface area contributed by atoms with Crippen molar-refractivity contribution in [3.8, 4) is 5.75 Å². The van der Waals surface area contributed by atoms with E-state index in [1.54, 1.807) is 7.11 Å². The van der Waals surface area contributed by atoms with E-state index < -0.39 is 0 Å².